The van der Waals surface area contributed by atoms with Crippen molar-refractivity contribution in [3.8, 4) is 0 Å². The van der Waals surface area contributed by atoms with Crippen molar-refractivity contribution >= 4 is 23.0 Å². The quantitative estimate of drug-likeness (QED) is 0.669. The van der Waals surface area contributed by atoms with Crippen molar-refractivity contribution in [1.29, 1.82) is 0 Å². The van der Waals surface area contributed by atoms with Gasteiger partial charge in [0.05, 0.1) is 6.61 Å². The molecule has 1 heterocycles. The van der Waals surface area contributed by atoms with Crippen LogP contribution in [0, 0.1) is 0 Å². The minimum Gasteiger partial charge on any atom is -0.383 e. The molecular formula is C14H20N2OS. The van der Waals surface area contributed by atoms with Crippen molar-refractivity contribution in [3.63, 3.8) is 0 Å². The second kappa shape index (κ2) is 6.16. The van der Waals surface area contributed by atoms with E-state index in [1.807, 2.05) is 0 Å². The Morgan fingerprint density at radius 1 is 1.50 bits per heavy atom. The molecule has 0 radical (unpaired) electrons. The van der Waals surface area contributed by atoms with Crippen molar-refractivity contribution < 1.29 is 4.74 Å². The van der Waals surface area contributed by atoms with E-state index in [1.54, 1.807) is 7.11 Å². The van der Waals surface area contributed by atoms with Gasteiger partial charge in [0.15, 0.2) is 5.11 Å². The summed E-state index contributed by atoms with van der Waals surface area (Å²) in [5.74, 6) is 0. The van der Waals surface area contributed by atoms with E-state index in [4.69, 9.17) is 17.0 Å². The molecule has 1 aliphatic heterocycles. The summed E-state index contributed by atoms with van der Waals surface area (Å²) in [5.41, 5.74) is 2.62. The number of ether oxygens (including phenoxy) is 1. The maximum absolute atomic E-state index is 5.50. The Hall–Kier alpha value is -1.13. The maximum Gasteiger partial charge on any atom is 0.173 e. The van der Waals surface area contributed by atoms with Crippen molar-refractivity contribution in [2.45, 2.75) is 25.8 Å². The Kier molecular flexibility index (Phi) is 4.55. The van der Waals surface area contributed by atoms with E-state index in [2.05, 4.69) is 41.4 Å². The summed E-state index contributed by atoms with van der Waals surface area (Å²) in [6.07, 6.45) is 2.28. The Morgan fingerprint density at radius 2 is 2.28 bits per heavy atom. The smallest absolute Gasteiger partial charge is 0.173 e. The number of nitrogens with one attached hydrogen (secondary N) is 1. The van der Waals surface area contributed by atoms with E-state index in [-0.39, 0.29) is 0 Å². The number of fused-ring (bicyclic) bond motifs is 1. The van der Waals surface area contributed by atoms with Gasteiger partial charge in [-0.25, -0.2) is 0 Å². The topological polar surface area (TPSA) is 24.5 Å². The number of hydrogen-bond donors (Lipinski definition) is 1. The molecule has 1 atom stereocenters. The fourth-order valence-corrected chi connectivity index (χ4v) is 2.72. The van der Waals surface area contributed by atoms with Gasteiger partial charge >= 0.3 is 0 Å². The van der Waals surface area contributed by atoms with Crippen LogP contribution in [0.4, 0.5) is 5.69 Å². The summed E-state index contributed by atoms with van der Waals surface area (Å²) in [5, 5.41) is 4.05. The second-order valence-corrected chi connectivity index (χ2v) is 5.00. The summed E-state index contributed by atoms with van der Waals surface area (Å²) >= 11 is 5.50. The largest absolute Gasteiger partial charge is 0.383 e. The number of hydrogen-bond acceptors (Lipinski definition) is 2. The highest BCUT2D eigenvalue weighted by Gasteiger charge is 2.25. The highest BCUT2D eigenvalue weighted by Crippen LogP contribution is 2.30. The van der Waals surface area contributed by atoms with Crippen LogP contribution in [-0.4, -0.2) is 31.4 Å². The average Bonchev–Trinajstić information content (AvgIpc) is 2.38. The summed E-state index contributed by atoms with van der Waals surface area (Å²) in [7, 11) is 1.70. The number of aryl methyl sites for hydroxylation is 1. The molecule has 98 valence electrons. The lowest BCUT2D eigenvalue weighted by Crippen LogP contribution is -2.48. The first-order valence-electron chi connectivity index (χ1n) is 6.38. The number of benzene rings is 1. The zero-order valence-corrected chi connectivity index (χ0v) is 11.8. The molecule has 0 unspecified atom stereocenters. The number of nitrogens with zero attached hydrogens (tertiary/aromatic N) is 1. The van der Waals surface area contributed by atoms with Gasteiger partial charge in [-0.3, -0.25) is 0 Å². The van der Waals surface area contributed by atoms with Crippen LogP contribution in [0.15, 0.2) is 24.3 Å². The normalized spacial score (nSPS) is 18.3. The summed E-state index contributed by atoms with van der Waals surface area (Å²) in [6.45, 7) is 3.64. The summed E-state index contributed by atoms with van der Waals surface area (Å²) < 4.78 is 5.04. The first kappa shape index (κ1) is 13.3. The minimum absolute atomic E-state index is 0.447. The van der Waals surface area contributed by atoms with E-state index in [0.29, 0.717) is 12.6 Å². The van der Waals surface area contributed by atoms with Crippen LogP contribution < -0.4 is 10.2 Å². The first-order valence-corrected chi connectivity index (χ1v) is 6.78. The number of anilines is 1. The van der Waals surface area contributed by atoms with Crippen LogP contribution in [0.1, 0.15) is 18.9 Å². The molecule has 1 aromatic carbocycles. The molecule has 0 bridgehead atoms. The van der Waals surface area contributed by atoms with Gasteiger partial charge < -0.3 is 15.0 Å². The fourth-order valence-electron chi connectivity index (χ4n) is 2.34. The van der Waals surface area contributed by atoms with E-state index >= 15 is 0 Å². The minimum atomic E-state index is 0.447. The fraction of sp³-hybridized carbons (Fsp3) is 0.500. The predicted molar refractivity (Wildman–Crippen MR) is 79.2 cm³/mol. The molecule has 1 aromatic rings. The molecule has 0 aromatic heterocycles. The second-order valence-electron chi connectivity index (χ2n) is 4.61. The highest BCUT2D eigenvalue weighted by molar-refractivity contribution is 7.80. The van der Waals surface area contributed by atoms with E-state index in [0.717, 1.165) is 24.5 Å². The van der Waals surface area contributed by atoms with E-state index in [1.165, 1.54) is 11.3 Å². The van der Waals surface area contributed by atoms with Gasteiger partial charge in [-0.1, -0.05) is 18.2 Å². The van der Waals surface area contributed by atoms with Crippen LogP contribution in [0.2, 0.25) is 0 Å². The summed E-state index contributed by atoms with van der Waals surface area (Å²) in [4.78, 5) is 2.23. The third-order valence-electron chi connectivity index (χ3n) is 3.32. The zero-order valence-electron chi connectivity index (χ0n) is 11.0. The molecule has 1 N–H and O–H groups in total. The Balaban J connectivity index is 2.13. The zero-order chi connectivity index (χ0) is 13.0. The van der Waals surface area contributed by atoms with Crippen LogP contribution in [0.25, 0.3) is 0 Å². The lowest BCUT2D eigenvalue weighted by Gasteiger charge is -2.37. The lowest BCUT2D eigenvalue weighted by atomic mass is 9.97. The Morgan fingerprint density at radius 3 is 3.06 bits per heavy atom. The van der Waals surface area contributed by atoms with Crippen molar-refractivity contribution in [1.82, 2.24) is 5.32 Å². The van der Waals surface area contributed by atoms with Gasteiger partial charge in [0.25, 0.3) is 0 Å². The number of para-hydroxylation sites is 1. The number of rotatable bonds is 3. The molecule has 0 spiro atoms. The molecule has 0 aliphatic carbocycles. The maximum atomic E-state index is 5.50. The molecule has 2 rings (SSSR count). The highest BCUT2D eigenvalue weighted by atomic mass is 32.1. The van der Waals surface area contributed by atoms with E-state index in [9.17, 15) is 0 Å². The van der Waals surface area contributed by atoms with Crippen molar-refractivity contribution in [3.05, 3.63) is 29.8 Å². The van der Waals surface area contributed by atoms with Crippen LogP contribution in [0.3, 0.4) is 0 Å². The third kappa shape index (κ3) is 2.82. The number of methoxy groups -OCH3 is 1. The van der Waals surface area contributed by atoms with Gasteiger partial charge in [-0.05, 0) is 43.6 Å². The molecule has 3 nitrogen and oxygen atoms in total. The average molecular weight is 264 g/mol. The Labute approximate surface area is 114 Å². The summed E-state index contributed by atoms with van der Waals surface area (Å²) in [6, 6.07) is 8.94. The first-order chi connectivity index (χ1) is 8.74. The lowest BCUT2D eigenvalue weighted by molar-refractivity contribution is 0.204. The standard InChI is InChI=1S/C14H20N2OS/c1-11-7-8-12-5-3-4-6-13(12)16(11)14(18)15-9-10-17-2/h3-6,11H,7-10H2,1-2H3,(H,15,18)/t11-/m0/s1. The molecule has 0 amide bonds. The molecule has 0 saturated carbocycles. The third-order valence-corrected chi connectivity index (χ3v) is 3.67. The van der Waals surface area contributed by atoms with E-state index < -0.39 is 0 Å². The van der Waals surface area contributed by atoms with Crippen LogP contribution >= 0.6 is 12.2 Å². The molecule has 0 fully saturated rings. The predicted octanol–water partition coefficient (Wildman–Crippen LogP) is 2.35. The van der Waals surface area contributed by atoms with Crippen LogP contribution in [0.5, 0.6) is 0 Å². The molecule has 18 heavy (non-hydrogen) atoms. The van der Waals surface area contributed by atoms with Gasteiger partial charge in [0.1, 0.15) is 0 Å². The van der Waals surface area contributed by atoms with Gasteiger partial charge in [-0.2, -0.15) is 0 Å². The Bertz CT molecular complexity index is 422. The van der Waals surface area contributed by atoms with Gasteiger partial charge in [-0.15, -0.1) is 0 Å². The van der Waals surface area contributed by atoms with Crippen molar-refractivity contribution in [2.75, 3.05) is 25.2 Å². The molecule has 4 heteroatoms. The molecule has 0 saturated heterocycles. The number of thiocarbonyl (C=S) groups is 1. The van der Waals surface area contributed by atoms with Gasteiger partial charge in [0.2, 0.25) is 0 Å². The SMILES string of the molecule is COCCNC(=S)N1c2ccccc2CC[C@@H]1C. The van der Waals surface area contributed by atoms with Crippen molar-refractivity contribution in [2.24, 2.45) is 0 Å². The molecule has 1 aliphatic rings. The molecular weight excluding hydrogens is 244 g/mol. The monoisotopic (exact) mass is 264 g/mol. The van der Waals surface area contributed by atoms with Crippen LogP contribution in [-0.2, 0) is 11.2 Å². The van der Waals surface area contributed by atoms with Gasteiger partial charge in [0, 0.05) is 25.4 Å².